The summed E-state index contributed by atoms with van der Waals surface area (Å²) >= 11 is 0. The molecule has 0 heterocycles. The zero-order valence-corrected chi connectivity index (χ0v) is 5.93. The van der Waals surface area contributed by atoms with Crippen LogP contribution in [0.3, 0.4) is 0 Å². The number of rotatable bonds is 1. The molecule has 0 unspecified atom stereocenters. The minimum absolute atomic E-state index is 0.137. The van der Waals surface area contributed by atoms with Crippen LogP contribution in [-0.2, 0) is 4.79 Å². The van der Waals surface area contributed by atoms with Crippen molar-refractivity contribution in [1.29, 1.82) is 0 Å². The summed E-state index contributed by atoms with van der Waals surface area (Å²) in [5, 5.41) is 0. The second-order valence-electron chi connectivity index (χ2n) is 2.06. The molecule has 0 aromatic rings. The van der Waals surface area contributed by atoms with Crippen LogP contribution in [0.15, 0.2) is 11.8 Å². The number of nitrogens with one attached hydrogen (secondary N) is 1. The number of allylic oxidation sites excluding steroid dienone is 1. The van der Waals surface area contributed by atoms with Crippen molar-refractivity contribution in [2.24, 2.45) is 0 Å². The Bertz CT molecular complexity index is 134. The molecule has 3 nitrogen and oxygen atoms in total. The summed E-state index contributed by atoms with van der Waals surface area (Å²) in [6.45, 7) is 1.57. The Balaban J connectivity index is 3.93. The first-order valence-electron chi connectivity index (χ1n) is 2.65. The molecule has 0 aliphatic carbocycles. The van der Waals surface area contributed by atoms with E-state index in [9.17, 15) is 4.79 Å². The number of likely N-dealkylation sites (N-methyl/N-ethyl adjacent to an activating group) is 1. The molecule has 1 radical (unpaired) electrons. The van der Waals surface area contributed by atoms with Gasteiger partial charge in [0, 0.05) is 25.9 Å². The fourth-order valence-electron chi connectivity index (χ4n) is 0.314. The van der Waals surface area contributed by atoms with Crippen molar-refractivity contribution in [3.8, 4) is 0 Å². The largest absolute Gasteiger partial charge is 0.345 e. The summed E-state index contributed by atoms with van der Waals surface area (Å²) in [7, 11) is 3.31. The topological polar surface area (TPSA) is 44.1 Å². The average Bonchev–Trinajstić information content (AvgIpc) is 1.63. The van der Waals surface area contributed by atoms with E-state index in [0.717, 1.165) is 0 Å². The van der Waals surface area contributed by atoms with E-state index in [2.05, 4.69) is 0 Å². The molecule has 3 heteroatoms. The Kier molecular flexibility index (Phi) is 2.78. The molecule has 1 N–H and O–H groups in total. The highest BCUT2D eigenvalue weighted by atomic mass is 16.2. The summed E-state index contributed by atoms with van der Waals surface area (Å²) in [6.07, 6.45) is 1.28. The fourth-order valence-corrected chi connectivity index (χ4v) is 0.314. The summed E-state index contributed by atoms with van der Waals surface area (Å²) in [4.78, 5) is 12.1. The summed E-state index contributed by atoms with van der Waals surface area (Å²) in [6, 6.07) is 0. The smallest absolute Gasteiger partial charge is 0.247 e. The first-order chi connectivity index (χ1) is 4.04. The first kappa shape index (κ1) is 8.01. The van der Waals surface area contributed by atoms with Gasteiger partial charge in [-0.25, -0.2) is 0 Å². The summed E-state index contributed by atoms with van der Waals surface area (Å²) in [5.74, 6) is -0.137. The minimum atomic E-state index is -0.137. The molecular weight excluding hydrogens is 116 g/mol. The van der Waals surface area contributed by atoms with Crippen molar-refractivity contribution < 1.29 is 4.79 Å². The van der Waals surface area contributed by atoms with Gasteiger partial charge in [-0.3, -0.25) is 4.79 Å². The van der Waals surface area contributed by atoms with Gasteiger partial charge in [-0.15, -0.1) is 0 Å². The van der Waals surface area contributed by atoms with Crippen LogP contribution in [0.1, 0.15) is 6.92 Å². The third-order valence-electron chi connectivity index (χ3n) is 0.781. The molecule has 0 spiro atoms. The molecule has 0 saturated carbocycles. The molecule has 0 aliphatic heterocycles. The Morgan fingerprint density at radius 2 is 2.00 bits per heavy atom. The molecule has 9 heavy (non-hydrogen) atoms. The van der Waals surface area contributed by atoms with Gasteiger partial charge >= 0.3 is 0 Å². The van der Waals surface area contributed by atoms with Gasteiger partial charge in [0.25, 0.3) is 0 Å². The number of carbonyl (C=O) groups excluding carboxylic acids is 1. The zero-order chi connectivity index (χ0) is 7.44. The van der Waals surface area contributed by atoms with Gasteiger partial charge in [0.2, 0.25) is 5.91 Å². The van der Waals surface area contributed by atoms with Crippen LogP contribution < -0.4 is 5.73 Å². The highest BCUT2D eigenvalue weighted by Crippen LogP contribution is 1.85. The lowest BCUT2D eigenvalue weighted by atomic mass is 10.4. The van der Waals surface area contributed by atoms with Crippen molar-refractivity contribution in [1.82, 2.24) is 10.6 Å². The van der Waals surface area contributed by atoms with Gasteiger partial charge in [0.15, 0.2) is 0 Å². The van der Waals surface area contributed by atoms with Gasteiger partial charge in [-0.1, -0.05) is 0 Å². The first-order valence-corrected chi connectivity index (χ1v) is 2.65. The minimum Gasteiger partial charge on any atom is -0.345 e. The molecule has 0 rings (SSSR count). The van der Waals surface area contributed by atoms with Crippen molar-refractivity contribution in [3.05, 3.63) is 11.8 Å². The molecule has 0 aromatic heterocycles. The van der Waals surface area contributed by atoms with Crippen LogP contribution in [0.5, 0.6) is 0 Å². The lowest BCUT2D eigenvalue weighted by molar-refractivity contribution is -0.123. The van der Waals surface area contributed by atoms with Crippen molar-refractivity contribution >= 4 is 5.91 Å². The third-order valence-corrected chi connectivity index (χ3v) is 0.781. The van der Waals surface area contributed by atoms with Gasteiger partial charge < -0.3 is 10.6 Å². The summed E-state index contributed by atoms with van der Waals surface area (Å²) in [5.41, 5.74) is 7.20. The Labute approximate surface area is 55.1 Å². The highest BCUT2D eigenvalue weighted by Gasteiger charge is 1.96. The number of hydrogen-bond acceptors (Lipinski definition) is 1. The van der Waals surface area contributed by atoms with Gasteiger partial charge in [0.05, 0.1) is 0 Å². The predicted molar refractivity (Wildman–Crippen MR) is 35.5 cm³/mol. The Hall–Kier alpha value is -0.990. The molecule has 0 atom stereocenters. The van der Waals surface area contributed by atoms with Crippen LogP contribution in [0, 0.1) is 0 Å². The van der Waals surface area contributed by atoms with Gasteiger partial charge in [-0.05, 0) is 6.92 Å². The molecular formula is C6H11N2O. The molecule has 0 aliphatic rings. The number of amides is 1. The van der Waals surface area contributed by atoms with Gasteiger partial charge in [0.1, 0.15) is 0 Å². The molecule has 1 amide bonds. The quantitative estimate of drug-likeness (QED) is 0.466. The predicted octanol–water partition coefficient (Wildman–Crippen LogP) is 0.261. The van der Waals surface area contributed by atoms with Gasteiger partial charge in [-0.2, -0.15) is 0 Å². The standard InChI is InChI=1S/C6H11N2O/c1-5(7)4-6(9)8(2)3/h4,7H,1-3H3. The highest BCUT2D eigenvalue weighted by molar-refractivity contribution is 5.87. The van der Waals surface area contributed by atoms with Crippen LogP contribution in [-0.4, -0.2) is 24.9 Å². The van der Waals surface area contributed by atoms with Crippen LogP contribution in [0.25, 0.3) is 0 Å². The van der Waals surface area contributed by atoms with Crippen LogP contribution in [0.2, 0.25) is 0 Å². The van der Waals surface area contributed by atoms with E-state index in [1.54, 1.807) is 21.0 Å². The molecule has 0 fully saturated rings. The van der Waals surface area contributed by atoms with Crippen molar-refractivity contribution in [2.75, 3.05) is 14.1 Å². The summed E-state index contributed by atoms with van der Waals surface area (Å²) < 4.78 is 0. The second-order valence-corrected chi connectivity index (χ2v) is 2.06. The third kappa shape index (κ3) is 3.58. The maximum atomic E-state index is 10.7. The van der Waals surface area contributed by atoms with E-state index in [0.29, 0.717) is 0 Å². The maximum absolute atomic E-state index is 10.7. The van der Waals surface area contributed by atoms with E-state index in [-0.39, 0.29) is 11.6 Å². The lowest BCUT2D eigenvalue weighted by Gasteiger charge is -2.04. The van der Waals surface area contributed by atoms with Crippen LogP contribution in [0.4, 0.5) is 0 Å². The average molecular weight is 127 g/mol. The molecule has 51 valence electrons. The van der Waals surface area contributed by atoms with E-state index < -0.39 is 0 Å². The maximum Gasteiger partial charge on any atom is 0.247 e. The monoisotopic (exact) mass is 127 g/mol. The van der Waals surface area contributed by atoms with Crippen molar-refractivity contribution in [3.63, 3.8) is 0 Å². The van der Waals surface area contributed by atoms with Crippen LogP contribution >= 0.6 is 0 Å². The van der Waals surface area contributed by atoms with Crippen molar-refractivity contribution in [2.45, 2.75) is 6.92 Å². The second kappa shape index (κ2) is 3.12. The Morgan fingerprint density at radius 1 is 1.56 bits per heavy atom. The fraction of sp³-hybridized carbons (Fsp3) is 0.500. The molecule has 0 bridgehead atoms. The normalized spacial score (nSPS) is 11.2. The zero-order valence-electron chi connectivity index (χ0n) is 5.93. The number of nitrogens with zero attached hydrogens (tertiary/aromatic N) is 1. The van der Waals surface area contributed by atoms with E-state index in [1.165, 1.54) is 11.0 Å². The van der Waals surface area contributed by atoms with E-state index in [4.69, 9.17) is 5.73 Å². The molecule has 0 saturated heterocycles. The number of hydrogen-bond donors (Lipinski definition) is 0. The van der Waals surface area contributed by atoms with E-state index in [1.807, 2.05) is 0 Å². The lowest BCUT2D eigenvalue weighted by Crippen LogP contribution is -2.19. The number of carbonyl (C=O) groups is 1. The molecule has 0 aromatic carbocycles. The Morgan fingerprint density at radius 3 is 2.11 bits per heavy atom. The van der Waals surface area contributed by atoms with E-state index >= 15 is 0 Å². The SMILES string of the molecule is CC([NH])=CC(=O)N(C)C.